The molecule has 2 nitrogen and oxygen atoms in total. The van der Waals surface area contributed by atoms with Crippen molar-refractivity contribution in [3.63, 3.8) is 0 Å². The highest BCUT2D eigenvalue weighted by molar-refractivity contribution is 6.33. The first-order valence-corrected chi connectivity index (χ1v) is 10.2. The summed E-state index contributed by atoms with van der Waals surface area (Å²) in [6.07, 6.45) is 7.77. The van der Waals surface area contributed by atoms with Crippen molar-refractivity contribution in [1.29, 1.82) is 0 Å². The molecule has 0 unspecified atom stereocenters. The number of halogens is 2. The number of fused-ring (bicyclic) bond motifs is 1. The van der Waals surface area contributed by atoms with Gasteiger partial charge in [0.05, 0.1) is 18.2 Å². The second-order valence-corrected chi connectivity index (χ2v) is 7.02. The number of rotatable bonds is 12. The van der Waals surface area contributed by atoms with Gasteiger partial charge in [0.25, 0.3) is 0 Å². The van der Waals surface area contributed by atoms with Crippen molar-refractivity contribution < 1.29 is 9.47 Å². The fourth-order valence-corrected chi connectivity index (χ4v) is 3.25. The van der Waals surface area contributed by atoms with Crippen LogP contribution in [0.1, 0.15) is 51.9 Å². The molecule has 2 aromatic carbocycles. The molecule has 0 aromatic heterocycles. The smallest absolute Gasteiger partial charge is 0.145 e. The Morgan fingerprint density at radius 1 is 0.840 bits per heavy atom. The van der Waals surface area contributed by atoms with Gasteiger partial charge in [0.15, 0.2) is 0 Å². The number of ether oxygens (including phenoxy) is 2. The molecule has 0 heterocycles. The first-order chi connectivity index (χ1) is 12.3. The molecule has 25 heavy (non-hydrogen) atoms. The first-order valence-electron chi connectivity index (χ1n) is 9.30. The summed E-state index contributed by atoms with van der Waals surface area (Å²) in [5, 5.41) is 2.69. The molecule has 0 saturated heterocycles. The molecule has 0 aliphatic heterocycles. The summed E-state index contributed by atoms with van der Waals surface area (Å²) in [4.78, 5) is 0. The SMILES string of the molecule is CCCCCOc1c(Cl)cc(OCCCCCCCl)c2ccccc12. The van der Waals surface area contributed by atoms with Crippen molar-refractivity contribution in [3.8, 4) is 11.5 Å². The molecule has 0 saturated carbocycles. The molecule has 0 N–H and O–H groups in total. The van der Waals surface area contributed by atoms with E-state index in [4.69, 9.17) is 32.7 Å². The van der Waals surface area contributed by atoms with E-state index >= 15 is 0 Å². The largest absolute Gasteiger partial charge is 0.493 e. The first kappa shape index (κ1) is 20.2. The molecule has 0 radical (unpaired) electrons. The third kappa shape index (κ3) is 6.27. The Hall–Kier alpha value is -1.12. The van der Waals surface area contributed by atoms with Crippen LogP contribution < -0.4 is 9.47 Å². The van der Waals surface area contributed by atoms with E-state index in [0.29, 0.717) is 18.2 Å². The van der Waals surface area contributed by atoms with E-state index in [-0.39, 0.29) is 0 Å². The molecule has 0 bridgehead atoms. The molecule has 2 aromatic rings. The molecule has 0 spiro atoms. The highest BCUT2D eigenvalue weighted by Gasteiger charge is 2.13. The quantitative estimate of drug-likeness (QED) is 0.284. The third-order valence-electron chi connectivity index (χ3n) is 4.19. The molecule has 4 heteroatoms. The van der Waals surface area contributed by atoms with Gasteiger partial charge >= 0.3 is 0 Å². The third-order valence-corrected chi connectivity index (χ3v) is 4.74. The Balaban J connectivity index is 2.06. The number of hydrogen-bond acceptors (Lipinski definition) is 2. The maximum Gasteiger partial charge on any atom is 0.145 e. The van der Waals surface area contributed by atoms with Gasteiger partial charge in [-0.2, -0.15) is 0 Å². The molecular weight excluding hydrogens is 355 g/mol. The summed E-state index contributed by atoms with van der Waals surface area (Å²) in [5.74, 6) is 2.34. The highest BCUT2D eigenvalue weighted by Crippen LogP contribution is 2.39. The van der Waals surface area contributed by atoms with E-state index in [1.165, 1.54) is 12.8 Å². The minimum atomic E-state index is 0.618. The molecule has 0 fully saturated rings. The van der Waals surface area contributed by atoms with Gasteiger partial charge in [-0.25, -0.2) is 0 Å². The maximum absolute atomic E-state index is 6.48. The number of alkyl halides is 1. The minimum Gasteiger partial charge on any atom is -0.493 e. The van der Waals surface area contributed by atoms with Crippen LogP contribution in [-0.4, -0.2) is 19.1 Å². The van der Waals surface area contributed by atoms with Crippen LogP contribution in [0.2, 0.25) is 5.02 Å². The lowest BCUT2D eigenvalue weighted by atomic mass is 10.1. The summed E-state index contributed by atoms with van der Waals surface area (Å²) in [6, 6.07) is 10.0. The zero-order chi connectivity index (χ0) is 17.9. The Bertz CT molecular complexity index is 643. The van der Waals surface area contributed by atoms with Crippen molar-refractivity contribution in [2.24, 2.45) is 0 Å². The second kappa shape index (κ2) is 11.5. The van der Waals surface area contributed by atoms with Crippen molar-refractivity contribution in [1.82, 2.24) is 0 Å². The van der Waals surface area contributed by atoms with E-state index < -0.39 is 0 Å². The van der Waals surface area contributed by atoms with Crippen LogP contribution in [0.3, 0.4) is 0 Å². The Morgan fingerprint density at radius 2 is 1.52 bits per heavy atom. The summed E-state index contributed by atoms with van der Waals surface area (Å²) in [7, 11) is 0. The van der Waals surface area contributed by atoms with E-state index in [1.807, 2.05) is 24.3 Å². The van der Waals surface area contributed by atoms with E-state index in [0.717, 1.165) is 60.3 Å². The zero-order valence-corrected chi connectivity index (χ0v) is 16.5. The predicted octanol–water partition coefficient (Wildman–Crippen LogP) is 7.24. The fraction of sp³-hybridized carbons (Fsp3) is 0.524. The normalized spacial score (nSPS) is 11.0. The molecular formula is C21H28Cl2O2. The lowest BCUT2D eigenvalue weighted by Gasteiger charge is -2.15. The van der Waals surface area contributed by atoms with Gasteiger partial charge in [-0.05, 0) is 19.3 Å². The van der Waals surface area contributed by atoms with Crippen molar-refractivity contribution >= 4 is 34.0 Å². The standard InChI is InChI=1S/C21H28Cl2O2/c1-2-3-9-15-25-21-18-12-7-6-11-17(18)20(16-19(21)23)24-14-10-5-4-8-13-22/h6-7,11-12,16H,2-5,8-10,13-15H2,1H3. The van der Waals surface area contributed by atoms with Crippen molar-refractivity contribution in [2.45, 2.75) is 51.9 Å². The zero-order valence-electron chi connectivity index (χ0n) is 15.0. The Labute approximate surface area is 161 Å². The summed E-state index contributed by atoms with van der Waals surface area (Å²) < 4.78 is 12.0. The van der Waals surface area contributed by atoms with Crippen molar-refractivity contribution in [3.05, 3.63) is 35.4 Å². The molecule has 0 atom stereocenters. The topological polar surface area (TPSA) is 18.5 Å². The average Bonchev–Trinajstić information content (AvgIpc) is 2.63. The van der Waals surface area contributed by atoms with Crippen LogP contribution in [0.25, 0.3) is 10.8 Å². The van der Waals surface area contributed by atoms with E-state index in [2.05, 4.69) is 13.0 Å². The van der Waals surface area contributed by atoms with Crippen LogP contribution in [0.15, 0.2) is 30.3 Å². The van der Waals surface area contributed by atoms with Crippen LogP contribution in [0.4, 0.5) is 0 Å². The maximum atomic E-state index is 6.48. The molecule has 2 rings (SSSR count). The Morgan fingerprint density at radius 3 is 2.28 bits per heavy atom. The van der Waals surface area contributed by atoms with Gasteiger partial charge in [-0.15, -0.1) is 11.6 Å². The fourth-order valence-electron chi connectivity index (χ4n) is 2.81. The second-order valence-electron chi connectivity index (χ2n) is 6.24. The minimum absolute atomic E-state index is 0.618. The number of hydrogen-bond donors (Lipinski definition) is 0. The highest BCUT2D eigenvalue weighted by atomic mass is 35.5. The monoisotopic (exact) mass is 382 g/mol. The lowest BCUT2D eigenvalue weighted by Crippen LogP contribution is -2.01. The molecule has 0 amide bonds. The van der Waals surface area contributed by atoms with Gasteiger partial charge in [0, 0.05) is 22.7 Å². The van der Waals surface area contributed by atoms with E-state index in [9.17, 15) is 0 Å². The van der Waals surface area contributed by atoms with Gasteiger partial charge in [0.1, 0.15) is 11.5 Å². The van der Waals surface area contributed by atoms with Gasteiger partial charge < -0.3 is 9.47 Å². The van der Waals surface area contributed by atoms with Crippen LogP contribution in [0.5, 0.6) is 11.5 Å². The average molecular weight is 383 g/mol. The van der Waals surface area contributed by atoms with Crippen LogP contribution in [-0.2, 0) is 0 Å². The summed E-state index contributed by atoms with van der Waals surface area (Å²) in [5.41, 5.74) is 0. The lowest BCUT2D eigenvalue weighted by molar-refractivity contribution is 0.303. The van der Waals surface area contributed by atoms with Gasteiger partial charge in [-0.3, -0.25) is 0 Å². The molecule has 138 valence electrons. The number of benzene rings is 2. The Kier molecular flexibility index (Phi) is 9.28. The van der Waals surface area contributed by atoms with Gasteiger partial charge in [0.2, 0.25) is 0 Å². The summed E-state index contributed by atoms with van der Waals surface area (Å²) >= 11 is 12.2. The molecule has 0 aliphatic rings. The van der Waals surface area contributed by atoms with Crippen LogP contribution >= 0.6 is 23.2 Å². The van der Waals surface area contributed by atoms with E-state index in [1.54, 1.807) is 0 Å². The van der Waals surface area contributed by atoms with Crippen molar-refractivity contribution in [2.75, 3.05) is 19.1 Å². The summed E-state index contributed by atoms with van der Waals surface area (Å²) in [6.45, 7) is 3.57. The van der Waals surface area contributed by atoms with Crippen LogP contribution in [0, 0.1) is 0 Å². The number of unbranched alkanes of at least 4 members (excludes halogenated alkanes) is 5. The predicted molar refractivity (Wildman–Crippen MR) is 109 cm³/mol. The van der Waals surface area contributed by atoms with Gasteiger partial charge in [-0.1, -0.05) is 68.5 Å². The molecule has 0 aliphatic carbocycles.